The lowest BCUT2D eigenvalue weighted by molar-refractivity contribution is 0.282. The zero-order valence-electron chi connectivity index (χ0n) is 7.39. The number of alkyl halides is 1. The third-order valence-corrected chi connectivity index (χ3v) is 3.28. The Kier molecular flexibility index (Phi) is 7.58. The topological polar surface area (TPSA) is 20.2 Å². The second-order valence-corrected chi connectivity index (χ2v) is 5.05. The van der Waals surface area contributed by atoms with Crippen LogP contribution in [-0.4, -0.2) is 17.1 Å². The highest BCUT2D eigenvalue weighted by atomic mass is 127. The summed E-state index contributed by atoms with van der Waals surface area (Å²) in [5, 5.41) is 8.76. The minimum Gasteiger partial charge on any atom is -0.396 e. The molecule has 1 nitrogen and oxygen atoms in total. The third-order valence-electron chi connectivity index (χ3n) is 1.82. The van der Waals surface area contributed by atoms with E-state index >= 15 is 0 Å². The molecule has 0 fully saturated rings. The van der Waals surface area contributed by atoms with Crippen molar-refractivity contribution in [3.05, 3.63) is 10.2 Å². The van der Waals surface area contributed by atoms with Gasteiger partial charge in [0, 0.05) is 12.0 Å². The number of hydrogen-bond donors (Lipinski definition) is 1. The lowest BCUT2D eigenvalue weighted by atomic mass is 10.0. The van der Waals surface area contributed by atoms with Crippen molar-refractivity contribution >= 4 is 34.2 Å². The van der Waals surface area contributed by atoms with Gasteiger partial charge in [0.25, 0.3) is 0 Å². The summed E-state index contributed by atoms with van der Waals surface area (Å²) in [6.07, 6.45) is 2.66. The van der Waals surface area contributed by atoms with Gasteiger partial charge < -0.3 is 5.11 Å². The van der Waals surface area contributed by atoms with Crippen LogP contribution in [-0.2, 0) is 0 Å². The Hall–Kier alpha value is 0.720. The van der Waals surface area contributed by atoms with E-state index in [0.717, 1.165) is 22.8 Å². The second-order valence-electron chi connectivity index (χ2n) is 3.05. The Morgan fingerprint density at radius 2 is 2.25 bits per heavy atom. The highest BCUT2D eigenvalue weighted by Crippen LogP contribution is 2.24. The maximum Gasteiger partial charge on any atom is 0.0431 e. The molecule has 3 heteroatoms. The van der Waals surface area contributed by atoms with Gasteiger partial charge in [-0.1, -0.05) is 13.5 Å². The molecule has 0 aromatic heterocycles. The highest BCUT2D eigenvalue weighted by Gasteiger charge is 2.10. The molecule has 0 bridgehead atoms. The molecule has 12 heavy (non-hydrogen) atoms. The van der Waals surface area contributed by atoms with Gasteiger partial charge >= 0.3 is 0 Å². The van der Waals surface area contributed by atoms with Crippen LogP contribution in [0.3, 0.4) is 0 Å². The van der Waals surface area contributed by atoms with E-state index in [1.54, 1.807) is 0 Å². The standard InChI is InChI=1S/C9H16ClIO/c1-7(8(2)11)6-9(10)4-3-5-12/h7,9,12H,2-6H2,1H3/t7-,9-/m0/s1. The van der Waals surface area contributed by atoms with Crippen molar-refractivity contribution in [2.75, 3.05) is 6.61 Å². The summed E-state index contributed by atoms with van der Waals surface area (Å²) in [4.78, 5) is 0. The van der Waals surface area contributed by atoms with Gasteiger partial charge in [0.15, 0.2) is 0 Å². The molecule has 1 N–H and O–H groups in total. The summed E-state index contributed by atoms with van der Waals surface area (Å²) < 4.78 is 1.15. The first-order chi connectivity index (χ1) is 5.57. The van der Waals surface area contributed by atoms with Crippen LogP contribution in [0.25, 0.3) is 0 Å². The summed E-state index contributed by atoms with van der Waals surface area (Å²) in [6.45, 7) is 6.23. The summed E-state index contributed by atoms with van der Waals surface area (Å²) in [5.74, 6) is 0.479. The molecule has 0 aliphatic carbocycles. The van der Waals surface area contributed by atoms with E-state index in [9.17, 15) is 0 Å². The molecule has 0 saturated carbocycles. The van der Waals surface area contributed by atoms with E-state index in [0.29, 0.717) is 5.92 Å². The van der Waals surface area contributed by atoms with E-state index < -0.39 is 0 Å². The molecule has 0 aromatic carbocycles. The van der Waals surface area contributed by atoms with Gasteiger partial charge in [0.2, 0.25) is 0 Å². The number of allylic oxidation sites excluding steroid dienone is 1. The molecule has 0 heterocycles. The first-order valence-electron chi connectivity index (χ1n) is 4.17. The molecular weight excluding hydrogens is 286 g/mol. The van der Waals surface area contributed by atoms with Gasteiger partial charge in [-0.2, -0.15) is 0 Å². The molecule has 0 radical (unpaired) electrons. The number of rotatable bonds is 6. The van der Waals surface area contributed by atoms with Crippen molar-refractivity contribution < 1.29 is 5.11 Å². The van der Waals surface area contributed by atoms with E-state index in [2.05, 4.69) is 36.1 Å². The minimum atomic E-state index is 0.179. The summed E-state index contributed by atoms with van der Waals surface area (Å²) >= 11 is 8.28. The number of aliphatic hydroxyl groups excluding tert-OH is 1. The van der Waals surface area contributed by atoms with Crippen LogP contribution in [0.2, 0.25) is 0 Å². The number of aliphatic hydroxyl groups is 1. The van der Waals surface area contributed by atoms with Crippen molar-refractivity contribution in [2.24, 2.45) is 5.92 Å². The number of halogens is 2. The van der Waals surface area contributed by atoms with Gasteiger partial charge in [-0.05, 0) is 51.4 Å². The molecule has 0 amide bonds. The maximum absolute atomic E-state index is 8.58. The van der Waals surface area contributed by atoms with Crippen molar-refractivity contribution in [3.63, 3.8) is 0 Å². The normalized spacial score (nSPS) is 15.7. The van der Waals surface area contributed by atoms with Gasteiger partial charge in [0.1, 0.15) is 0 Å². The van der Waals surface area contributed by atoms with Crippen LogP contribution in [0, 0.1) is 5.92 Å². The highest BCUT2D eigenvalue weighted by molar-refractivity contribution is 14.1. The molecule has 0 rings (SSSR count). The van der Waals surface area contributed by atoms with E-state index in [-0.39, 0.29) is 12.0 Å². The monoisotopic (exact) mass is 302 g/mol. The minimum absolute atomic E-state index is 0.179. The average Bonchev–Trinajstić information content (AvgIpc) is 2.00. The fraction of sp³-hybridized carbons (Fsp3) is 0.778. The van der Waals surface area contributed by atoms with Crippen molar-refractivity contribution in [1.29, 1.82) is 0 Å². The largest absolute Gasteiger partial charge is 0.396 e. The third kappa shape index (κ3) is 6.26. The summed E-state index contributed by atoms with van der Waals surface area (Å²) in [5.41, 5.74) is 0. The molecule has 2 atom stereocenters. The van der Waals surface area contributed by atoms with Crippen molar-refractivity contribution in [3.8, 4) is 0 Å². The molecule has 72 valence electrons. The van der Waals surface area contributed by atoms with E-state index in [1.807, 2.05) is 0 Å². The van der Waals surface area contributed by atoms with Gasteiger partial charge in [0.05, 0.1) is 0 Å². The van der Waals surface area contributed by atoms with Crippen LogP contribution < -0.4 is 0 Å². The molecule has 0 unspecified atom stereocenters. The molecule has 0 aliphatic rings. The Morgan fingerprint density at radius 1 is 1.67 bits per heavy atom. The molecule has 0 spiro atoms. The zero-order valence-corrected chi connectivity index (χ0v) is 10.3. The molecule has 0 aliphatic heterocycles. The smallest absolute Gasteiger partial charge is 0.0431 e. The fourth-order valence-corrected chi connectivity index (χ4v) is 1.62. The first-order valence-corrected chi connectivity index (χ1v) is 5.68. The van der Waals surface area contributed by atoms with Crippen molar-refractivity contribution in [1.82, 2.24) is 0 Å². The summed E-state index contributed by atoms with van der Waals surface area (Å²) in [7, 11) is 0. The Labute approximate surface area is 93.3 Å². The van der Waals surface area contributed by atoms with Crippen LogP contribution in [0.4, 0.5) is 0 Å². The predicted molar refractivity (Wildman–Crippen MR) is 62.9 cm³/mol. The van der Waals surface area contributed by atoms with Crippen LogP contribution in [0.5, 0.6) is 0 Å². The number of hydrogen-bond acceptors (Lipinski definition) is 1. The zero-order chi connectivity index (χ0) is 9.56. The summed E-state index contributed by atoms with van der Waals surface area (Å²) in [6, 6.07) is 0. The lowest BCUT2D eigenvalue weighted by Gasteiger charge is -2.13. The maximum atomic E-state index is 8.58. The van der Waals surface area contributed by atoms with Gasteiger partial charge in [-0.25, -0.2) is 0 Å². The quantitative estimate of drug-likeness (QED) is 0.589. The molecule has 0 saturated heterocycles. The first kappa shape index (κ1) is 12.7. The second kappa shape index (κ2) is 7.15. The Morgan fingerprint density at radius 3 is 2.67 bits per heavy atom. The molecular formula is C9H16ClIO. The van der Waals surface area contributed by atoms with Gasteiger partial charge in [-0.3, -0.25) is 0 Å². The van der Waals surface area contributed by atoms with Crippen LogP contribution in [0.1, 0.15) is 26.2 Å². The predicted octanol–water partition coefficient (Wildman–Crippen LogP) is 3.34. The van der Waals surface area contributed by atoms with E-state index in [1.165, 1.54) is 0 Å². The fourth-order valence-electron chi connectivity index (χ4n) is 0.942. The molecule has 0 aromatic rings. The van der Waals surface area contributed by atoms with E-state index in [4.69, 9.17) is 16.7 Å². The van der Waals surface area contributed by atoms with Crippen molar-refractivity contribution in [2.45, 2.75) is 31.6 Å². The SMILES string of the molecule is C=C(I)[C@@H](C)C[C@@H](Cl)CCCO. The lowest BCUT2D eigenvalue weighted by Crippen LogP contribution is -2.06. The Bertz CT molecular complexity index is 138. The average molecular weight is 303 g/mol. The van der Waals surface area contributed by atoms with Crippen LogP contribution in [0.15, 0.2) is 10.2 Å². The van der Waals surface area contributed by atoms with Gasteiger partial charge in [-0.15, -0.1) is 11.6 Å². The Balaban J connectivity index is 3.53. The van der Waals surface area contributed by atoms with Crippen LogP contribution >= 0.6 is 34.2 Å².